The first-order valence-corrected chi connectivity index (χ1v) is 10.8. The van der Waals surface area contributed by atoms with Gasteiger partial charge in [-0.25, -0.2) is 4.79 Å². The van der Waals surface area contributed by atoms with Crippen molar-refractivity contribution in [3.63, 3.8) is 0 Å². The molecular weight excluding hydrogens is 411 g/mol. The van der Waals surface area contributed by atoms with E-state index < -0.39 is 36.7 Å². The maximum absolute atomic E-state index is 13.5. The van der Waals surface area contributed by atoms with Gasteiger partial charge < -0.3 is 5.11 Å². The number of likely N-dealkylation sites (tertiary alicyclic amines) is 1. The number of nitrogens with one attached hydrogen (secondary N) is 1. The van der Waals surface area contributed by atoms with Gasteiger partial charge >= 0.3 is 18.1 Å². The van der Waals surface area contributed by atoms with Crippen molar-refractivity contribution in [2.45, 2.75) is 56.8 Å². The fraction of sp³-hybridized carbons (Fsp3) is 0.636. The number of alkyl halides is 3. The smallest absolute Gasteiger partial charge is 0.391 e. The fourth-order valence-corrected chi connectivity index (χ4v) is 5.05. The highest BCUT2D eigenvalue weighted by Gasteiger charge is 2.54. The third-order valence-corrected chi connectivity index (χ3v) is 6.79. The van der Waals surface area contributed by atoms with Crippen molar-refractivity contribution in [3.8, 4) is 0 Å². The Hall–Kier alpha value is -1.97. The summed E-state index contributed by atoms with van der Waals surface area (Å²) in [6.07, 6.45) is -2.26. The van der Waals surface area contributed by atoms with E-state index in [9.17, 15) is 27.9 Å². The highest BCUT2D eigenvalue weighted by Crippen LogP contribution is 2.42. The molecule has 172 valence electrons. The van der Waals surface area contributed by atoms with Gasteiger partial charge in [-0.15, -0.1) is 5.43 Å². The van der Waals surface area contributed by atoms with Crippen LogP contribution in [0.2, 0.25) is 0 Å². The lowest BCUT2D eigenvalue weighted by molar-refractivity contribution is -0.907. The van der Waals surface area contributed by atoms with E-state index in [1.165, 1.54) is 0 Å². The van der Waals surface area contributed by atoms with Crippen molar-refractivity contribution in [3.05, 3.63) is 35.9 Å². The molecule has 1 saturated carbocycles. The molecular formula is C22H31F3N3O3+. The summed E-state index contributed by atoms with van der Waals surface area (Å²) in [4.78, 5) is 26.8. The van der Waals surface area contributed by atoms with Gasteiger partial charge in [0, 0.05) is 6.42 Å². The van der Waals surface area contributed by atoms with Gasteiger partial charge in [-0.1, -0.05) is 30.3 Å². The number of likely N-dealkylation sites (N-methyl/N-ethyl adjacent to an activating group) is 1. The van der Waals surface area contributed by atoms with Crippen LogP contribution in [0.1, 0.15) is 37.7 Å². The van der Waals surface area contributed by atoms with E-state index in [4.69, 9.17) is 0 Å². The van der Waals surface area contributed by atoms with E-state index in [0.717, 1.165) is 18.4 Å². The molecule has 2 aliphatic rings. The summed E-state index contributed by atoms with van der Waals surface area (Å²) >= 11 is 0. The first-order chi connectivity index (χ1) is 14.6. The number of carbonyl (C=O) groups is 2. The number of halogens is 3. The minimum Gasteiger partial charge on any atom is -0.480 e. The Bertz CT molecular complexity index is 768. The van der Waals surface area contributed by atoms with E-state index in [0.29, 0.717) is 13.1 Å². The number of carboxylic acid groups (broad SMARTS) is 1. The molecule has 1 heterocycles. The van der Waals surface area contributed by atoms with Crippen LogP contribution in [0, 0.1) is 5.92 Å². The lowest BCUT2D eigenvalue weighted by atomic mass is 9.80. The molecule has 0 radical (unpaired) electrons. The molecule has 1 aliphatic heterocycles. The molecule has 0 aromatic heterocycles. The number of hydrogen-bond donors (Lipinski definition) is 2. The van der Waals surface area contributed by atoms with Gasteiger partial charge in [0.25, 0.3) is 0 Å². The zero-order valence-electron chi connectivity index (χ0n) is 17.8. The number of carboxylic acids is 1. The van der Waals surface area contributed by atoms with Crippen LogP contribution in [-0.2, 0) is 16.0 Å². The van der Waals surface area contributed by atoms with Crippen molar-refractivity contribution >= 4 is 11.9 Å². The van der Waals surface area contributed by atoms with Crippen LogP contribution in [0.4, 0.5) is 13.2 Å². The summed E-state index contributed by atoms with van der Waals surface area (Å²) in [6, 6.07) is 8.22. The first-order valence-electron chi connectivity index (χ1n) is 10.8. The SMILES string of the molecule is C[N+](NCC(=O)O)(C(=O)Cc1ccccc1)[C@H]1CC[C@H](C(F)(F)F)C[C@H]1N1CCCC1. The highest BCUT2D eigenvalue weighted by atomic mass is 19.4. The third-order valence-electron chi connectivity index (χ3n) is 6.79. The predicted octanol–water partition coefficient (Wildman–Crippen LogP) is 2.99. The van der Waals surface area contributed by atoms with Gasteiger partial charge in [-0.2, -0.15) is 17.8 Å². The average Bonchev–Trinajstić information content (AvgIpc) is 3.26. The van der Waals surface area contributed by atoms with Crippen LogP contribution in [0.5, 0.6) is 0 Å². The highest BCUT2D eigenvalue weighted by molar-refractivity contribution is 5.73. The predicted molar refractivity (Wildman–Crippen MR) is 109 cm³/mol. The fourth-order valence-electron chi connectivity index (χ4n) is 5.05. The number of amides is 1. The first kappa shape index (κ1) is 23.7. The van der Waals surface area contributed by atoms with Crippen molar-refractivity contribution < 1.29 is 32.5 Å². The standard InChI is InChI=1S/C22H30F3N3O3/c1-28(26-15-21(30)31,20(29)13-16-7-3-2-4-8-16)19-10-9-17(22(23,24)25)14-18(19)27-11-5-6-12-27/h2-4,7-8,17-19,26H,5-6,9-15H2,1H3/p+1/t17-,18+,19-,28?/m0/s1. The molecule has 1 aromatic rings. The van der Waals surface area contributed by atoms with Crippen molar-refractivity contribution in [2.75, 3.05) is 26.7 Å². The number of benzene rings is 1. The molecule has 2 N–H and O–H groups in total. The lowest BCUT2D eigenvalue weighted by Gasteiger charge is -2.48. The maximum atomic E-state index is 13.5. The molecule has 3 rings (SSSR count). The zero-order chi connectivity index (χ0) is 22.6. The van der Waals surface area contributed by atoms with Crippen LogP contribution >= 0.6 is 0 Å². The summed E-state index contributed by atoms with van der Waals surface area (Å²) in [5, 5.41) is 9.23. The van der Waals surface area contributed by atoms with Gasteiger partial charge in [0.1, 0.15) is 12.6 Å². The second-order valence-corrected chi connectivity index (χ2v) is 8.79. The Kier molecular flexibility index (Phi) is 7.39. The van der Waals surface area contributed by atoms with Gasteiger partial charge in [0.05, 0.1) is 25.4 Å². The molecule has 1 saturated heterocycles. The Balaban J connectivity index is 1.90. The number of aliphatic carboxylic acids is 1. The van der Waals surface area contributed by atoms with E-state index in [1.54, 1.807) is 7.05 Å². The Labute approximate surface area is 180 Å². The van der Waals surface area contributed by atoms with E-state index in [1.807, 2.05) is 30.3 Å². The van der Waals surface area contributed by atoms with E-state index >= 15 is 0 Å². The Morgan fingerprint density at radius 2 is 1.81 bits per heavy atom. The average molecular weight is 443 g/mol. The quantitative estimate of drug-likeness (QED) is 0.502. The molecule has 0 bridgehead atoms. The number of quaternary nitrogens is 1. The summed E-state index contributed by atoms with van der Waals surface area (Å²) < 4.78 is 40.2. The molecule has 9 heteroatoms. The number of hydrogen-bond acceptors (Lipinski definition) is 4. The van der Waals surface area contributed by atoms with E-state index in [-0.39, 0.29) is 36.2 Å². The molecule has 1 aromatic carbocycles. The lowest BCUT2D eigenvalue weighted by Crippen LogP contribution is -2.71. The maximum Gasteiger partial charge on any atom is 0.391 e. The summed E-state index contributed by atoms with van der Waals surface area (Å²) in [7, 11) is 1.62. The molecule has 31 heavy (non-hydrogen) atoms. The number of carbonyl (C=O) groups excluding carboxylic acids is 1. The van der Waals surface area contributed by atoms with Gasteiger partial charge in [-0.3, -0.25) is 9.69 Å². The van der Waals surface area contributed by atoms with Crippen LogP contribution in [0.25, 0.3) is 0 Å². The molecule has 1 unspecified atom stereocenters. The van der Waals surface area contributed by atoms with Crippen molar-refractivity contribution in [1.29, 1.82) is 0 Å². The summed E-state index contributed by atoms with van der Waals surface area (Å²) in [6.45, 7) is 0.970. The Morgan fingerprint density at radius 1 is 1.16 bits per heavy atom. The third kappa shape index (κ3) is 5.64. The largest absolute Gasteiger partial charge is 0.480 e. The minimum absolute atomic E-state index is 0.0558. The van der Waals surface area contributed by atoms with Crippen LogP contribution in [-0.4, -0.2) is 71.4 Å². The van der Waals surface area contributed by atoms with Crippen LogP contribution < -0.4 is 5.43 Å². The zero-order valence-corrected chi connectivity index (χ0v) is 17.8. The normalized spacial score (nSPS) is 27.0. The molecule has 0 spiro atoms. The summed E-state index contributed by atoms with van der Waals surface area (Å²) in [5.41, 5.74) is 3.66. The molecule has 2 fully saturated rings. The molecule has 1 aliphatic carbocycles. The second-order valence-electron chi connectivity index (χ2n) is 8.79. The van der Waals surface area contributed by atoms with Crippen molar-refractivity contribution in [2.24, 2.45) is 5.92 Å². The Morgan fingerprint density at radius 3 is 2.39 bits per heavy atom. The van der Waals surface area contributed by atoms with Crippen molar-refractivity contribution in [1.82, 2.24) is 10.3 Å². The molecule has 4 atom stereocenters. The van der Waals surface area contributed by atoms with Gasteiger partial charge in [0.2, 0.25) is 0 Å². The van der Waals surface area contributed by atoms with Gasteiger partial charge in [-0.05, 0) is 44.3 Å². The topological polar surface area (TPSA) is 69.6 Å². The number of nitrogens with zero attached hydrogens (tertiary/aromatic N) is 2. The number of rotatable bonds is 7. The monoisotopic (exact) mass is 442 g/mol. The van der Waals surface area contributed by atoms with E-state index in [2.05, 4.69) is 10.3 Å². The van der Waals surface area contributed by atoms with Crippen LogP contribution in [0.15, 0.2) is 30.3 Å². The van der Waals surface area contributed by atoms with Crippen LogP contribution in [0.3, 0.4) is 0 Å². The second kappa shape index (κ2) is 9.67. The molecule has 1 amide bonds. The minimum atomic E-state index is -4.27. The van der Waals surface area contributed by atoms with Gasteiger partial charge in [0.15, 0.2) is 0 Å². The molecule has 6 nitrogen and oxygen atoms in total. The summed E-state index contributed by atoms with van der Waals surface area (Å²) in [5.74, 6) is -2.75.